The minimum atomic E-state index is 0.125. The fraction of sp³-hybridized carbons (Fsp3) is 0.182. The minimum Gasteiger partial charge on any atom is -0.497 e. The molecule has 2 rings (SSSR count). The second-order valence-corrected chi connectivity index (χ2v) is 3.27. The lowest BCUT2D eigenvalue weighted by Crippen LogP contribution is -1.99. The van der Waals surface area contributed by atoms with Gasteiger partial charge < -0.3 is 15.2 Å². The Hall–Kier alpha value is -2.37. The highest BCUT2D eigenvalue weighted by atomic mass is 16.5. The van der Waals surface area contributed by atoms with E-state index in [-0.39, 0.29) is 5.95 Å². The van der Waals surface area contributed by atoms with Gasteiger partial charge in [0.1, 0.15) is 11.5 Å². The van der Waals surface area contributed by atoms with Crippen molar-refractivity contribution in [2.75, 3.05) is 20.0 Å². The maximum atomic E-state index is 5.49. The van der Waals surface area contributed by atoms with Gasteiger partial charge in [-0.25, -0.2) is 4.98 Å². The number of aromatic nitrogens is 3. The molecule has 0 saturated heterocycles. The lowest BCUT2D eigenvalue weighted by Gasteiger charge is -2.09. The Bertz CT molecular complexity index is 531. The molecule has 0 aliphatic rings. The molecule has 0 amide bonds. The zero-order valence-corrected chi connectivity index (χ0v) is 9.54. The summed E-state index contributed by atoms with van der Waals surface area (Å²) >= 11 is 0. The normalized spacial score (nSPS) is 10.0. The number of nitrogens with zero attached hydrogens (tertiary/aromatic N) is 3. The van der Waals surface area contributed by atoms with Gasteiger partial charge in [0.25, 0.3) is 0 Å². The van der Waals surface area contributed by atoms with Crippen LogP contribution in [0.25, 0.3) is 11.3 Å². The first-order valence-electron chi connectivity index (χ1n) is 4.92. The molecule has 17 heavy (non-hydrogen) atoms. The van der Waals surface area contributed by atoms with Crippen molar-refractivity contribution in [1.82, 2.24) is 15.2 Å². The van der Waals surface area contributed by atoms with E-state index in [1.807, 2.05) is 12.1 Å². The van der Waals surface area contributed by atoms with Gasteiger partial charge >= 0.3 is 0 Å². The van der Waals surface area contributed by atoms with Crippen molar-refractivity contribution >= 4 is 5.95 Å². The fourth-order valence-electron chi connectivity index (χ4n) is 1.46. The van der Waals surface area contributed by atoms with E-state index in [1.165, 1.54) is 6.20 Å². The number of nitrogen functional groups attached to an aromatic ring is 1. The minimum absolute atomic E-state index is 0.125. The smallest absolute Gasteiger partial charge is 0.240 e. The molecule has 0 atom stereocenters. The Morgan fingerprint density at radius 2 is 2.00 bits per heavy atom. The summed E-state index contributed by atoms with van der Waals surface area (Å²) in [6.07, 6.45) is 1.53. The number of hydrogen-bond donors (Lipinski definition) is 1. The highest BCUT2D eigenvalue weighted by Crippen LogP contribution is 2.31. The lowest BCUT2D eigenvalue weighted by molar-refractivity contribution is 0.395. The molecule has 0 aliphatic carbocycles. The number of anilines is 1. The Morgan fingerprint density at radius 1 is 1.18 bits per heavy atom. The Kier molecular flexibility index (Phi) is 3.04. The van der Waals surface area contributed by atoms with Gasteiger partial charge in [0.05, 0.1) is 26.1 Å². The molecule has 1 aromatic carbocycles. The van der Waals surface area contributed by atoms with Crippen molar-refractivity contribution in [1.29, 1.82) is 0 Å². The van der Waals surface area contributed by atoms with Crippen molar-refractivity contribution < 1.29 is 9.47 Å². The number of nitrogens with two attached hydrogens (primary N) is 1. The molecular formula is C11H12N4O2. The van der Waals surface area contributed by atoms with Crippen LogP contribution in [0.1, 0.15) is 0 Å². The molecule has 0 fully saturated rings. The quantitative estimate of drug-likeness (QED) is 0.854. The Balaban J connectivity index is 2.51. The van der Waals surface area contributed by atoms with Gasteiger partial charge in [0.2, 0.25) is 5.95 Å². The molecule has 6 nitrogen and oxygen atoms in total. The standard InChI is InChI=1S/C11H12N4O2/c1-16-7-3-4-8(10(5-7)17-2)9-6-13-15-11(12)14-9/h3-6H,1-2H3,(H2,12,14,15). The number of ether oxygens (including phenoxy) is 2. The van der Waals surface area contributed by atoms with Crippen LogP contribution < -0.4 is 15.2 Å². The van der Waals surface area contributed by atoms with E-state index in [1.54, 1.807) is 20.3 Å². The van der Waals surface area contributed by atoms with Crippen molar-refractivity contribution in [2.24, 2.45) is 0 Å². The van der Waals surface area contributed by atoms with Crippen LogP contribution in [0.4, 0.5) is 5.95 Å². The first-order valence-corrected chi connectivity index (χ1v) is 4.92. The average Bonchev–Trinajstić information content (AvgIpc) is 2.38. The maximum absolute atomic E-state index is 5.49. The second-order valence-electron chi connectivity index (χ2n) is 3.27. The van der Waals surface area contributed by atoms with Crippen LogP contribution in [0.15, 0.2) is 24.4 Å². The summed E-state index contributed by atoms with van der Waals surface area (Å²) in [5.41, 5.74) is 6.89. The van der Waals surface area contributed by atoms with Gasteiger partial charge in [0.15, 0.2) is 0 Å². The van der Waals surface area contributed by atoms with E-state index in [4.69, 9.17) is 15.2 Å². The van der Waals surface area contributed by atoms with Crippen molar-refractivity contribution in [3.05, 3.63) is 24.4 Å². The van der Waals surface area contributed by atoms with Crippen molar-refractivity contribution in [3.8, 4) is 22.8 Å². The summed E-state index contributed by atoms with van der Waals surface area (Å²) < 4.78 is 10.4. The zero-order chi connectivity index (χ0) is 12.3. The van der Waals surface area contributed by atoms with Gasteiger partial charge in [0, 0.05) is 11.6 Å². The molecule has 1 aromatic heterocycles. The van der Waals surface area contributed by atoms with E-state index in [9.17, 15) is 0 Å². The number of rotatable bonds is 3. The highest BCUT2D eigenvalue weighted by molar-refractivity contribution is 5.68. The molecule has 2 N–H and O–H groups in total. The van der Waals surface area contributed by atoms with Gasteiger partial charge in [-0.3, -0.25) is 0 Å². The molecule has 0 aliphatic heterocycles. The third-order valence-electron chi connectivity index (χ3n) is 2.26. The maximum Gasteiger partial charge on any atom is 0.240 e. The van der Waals surface area contributed by atoms with E-state index in [0.717, 1.165) is 5.56 Å². The van der Waals surface area contributed by atoms with Gasteiger partial charge in [-0.2, -0.15) is 5.10 Å². The molecule has 0 unspecified atom stereocenters. The third kappa shape index (κ3) is 2.25. The first-order chi connectivity index (χ1) is 8.24. The van der Waals surface area contributed by atoms with Crippen LogP contribution in [0.5, 0.6) is 11.5 Å². The topological polar surface area (TPSA) is 83.2 Å². The molecule has 1 heterocycles. The van der Waals surface area contributed by atoms with Crippen LogP contribution in [0.3, 0.4) is 0 Å². The van der Waals surface area contributed by atoms with Crippen LogP contribution >= 0.6 is 0 Å². The van der Waals surface area contributed by atoms with Crippen LogP contribution in [0.2, 0.25) is 0 Å². The SMILES string of the molecule is COc1ccc(-c2cnnc(N)n2)c(OC)c1. The molecule has 0 spiro atoms. The number of benzene rings is 1. The summed E-state index contributed by atoms with van der Waals surface area (Å²) in [5, 5.41) is 7.36. The van der Waals surface area contributed by atoms with E-state index in [2.05, 4.69) is 15.2 Å². The average molecular weight is 232 g/mol. The van der Waals surface area contributed by atoms with E-state index >= 15 is 0 Å². The van der Waals surface area contributed by atoms with E-state index < -0.39 is 0 Å². The summed E-state index contributed by atoms with van der Waals surface area (Å²) in [6, 6.07) is 5.42. The summed E-state index contributed by atoms with van der Waals surface area (Å²) in [7, 11) is 3.18. The van der Waals surface area contributed by atoms with Crippen molar-refractivity contribution in [3.63, 3.8) is 0 Å². The van der Waals surface area contributed by atoms with Gasteiger partial charge in [-0.05, 0) is 12.1 Å². The van der Waals surface area contributed by atoms with Crippen molar-refractivity contribution in [2.45, 2.75) is 0 Å². The summed E-state index contributed by atoms with van der Waals surface area (Å²) in [5.74, 6) is 1.48. The molecule has 2 aromatic rings. The van der Waals surface area contributed by atoms with Gasteiger partial charge in [-0.1, -0.05) is 0 Å². The van der Waals surface area contributed by atoms with E-state index in [0.29, 0.717) is 17.2 Å². The third-order valence-corrected chi connectivity index (χ3v) is 2.26. The lowest BCUT2D eigenvalue weighted by atomic mass is 10.1. The monoisotopic (exact) mass is 232 g/mol. The molecule has 6 heteroatoms. The van der Waals surface area contributed by atoms with Crippen LogP contribution in [0, 0.1) is 0 Å². The predicted octanol–water partition coefficient (Wildman–Crippen LogP) is 1.14. The molecule has 0 bridgehead atoms. The predicted molar refractivity (Wildman–Crippen MR) is 62.8 cm³/mol. The molecule has 88 valence electrons. The summed E-state index contributed by atoms with van der Waals surface area (Å²) in [4.78, 5) is 4.09. The highest BCUT2D eigenvalue weighted by Gasteiger charge is 2.09. The molecule has 0 radical (unpaired) electrons. The second kappa shape index (κ2) is 4.65. The first kappa shape index (κ1) is 11.1. The fourth-order valence-corrected chi connectivity index (χ4v) is 1.46. The Morgan fingerprint density at radius 3 is 2.65 bits per heavy atom. The summed E-state index contributed by atoms with van der Waals surface area (Å²) in [6.45, 7) is 0. The van der Waals surface area contributed by atoms with Crippen LogP contribution in [-0.4, -0.2) is 29.4 Å². The Labute approximate surface area is 98.4 Å². The largest absolute Gasteiger partial charge is 0.497 e. The molecule has 0 saturated carbocycles. The number of hydrogen-bond acceptors (Lipinski definition) is 6. The molecular weight excluding hydrogens is 220 g/mol. The zero-order valence-electron chi connectivity index (χ0n) is 9.54. The number of methoxy groups -OCH3 is 2. The van der Waals surface area contributed by atoms with Crippen LogP contribution in [-0.2, 0) is 0 Å². The van der Waals surface area contributed by atoms with Gasteiger partial charge in [-0.15, -0.1) is 5.10 Å².